The fraction of sp³-hybridized carbons (Fsp3) is 0.459. The molecule has 3 aromatic heterocycles. The van der Waals surface area contributed by atoms with Gasteiger partial charge >= 0.3 is 5.97 Å². The van der Waals surface area contributed by atoms with Crippen LogP contribution in [0, 0.1) is 5.41 Å². The van der Waals surface area contributed by atoms with Gasteiger partial charge in [0.2, 0.25) is 5.88 Å². The Hall–Kier alpha value is -3.46. The van der Waals surface area contributed by atoms with E-state index >= 15 is 0 Å². The molecule has 0 saturated heterocycles. The van der Waals surface area contributed by atoms with E-state index in [1.165, 1.54) is 0 Å². The first-order valence-electron chi connectivity index (χ1n) is 16.8. The standard InChI is InChI=1S/C37H37Cl2N3O5/c38-28-19-40-20-29(39)31(28)32-27(33(47-42-32)23-7-8-23)21-45-37-14-11-36(12-15-37,13-16-37)10-9-22-5-6-24-18-30(35(43)44)41-34(26(24)17-22)46-25-3-1-2-4-25/h5-6,9-10,17-20,23,25H,1-4,7-8,11-16,21H2,(H,43,44). The summed E-state index contributed by atoms with van der Waals surface area (Å²) in [6.07, 6.45) is 20.4. The van der Waals surface area contributed by atoms with Gasteiger partial charge in [0.05, 0.1) is 22.3 Å². The number of halogens is 2. The van der Waals surface area contributed by atoms with E-state index in [4.69, 9.17) is 37.2 Å². The van der Waals surface area contributed by atoms with E-state index in [1.54, 1.807) is 18.5 Å². The average molecular weight is 675 g/mol. The monoisotopic (exact) mass is 673 g/mol. The maximum Gasteiger partial charge on any atom is 0.354 e. The zero-order chi connectivity index (χ0) is 32.2. The van der Waals surface area contributed by atoms with E-state index in [0.29, 0.717) is 39.7 Å². The topological polar surface area (TPSA) is 108 Å². The van der Waals surface area contributed by atoms with Crippen LogP contribution in [0.4, 0.5) is 0 Å². The number of pyridine rings is 2. The second-order valence-electron chi connectivity index (χ2n) is 13.9. The highest BCUT2D eigenvalue weighted by molar-refractivity contribution is 6.38. The van der Waals surface area contributed by atoms with Crippen molar-refractivity contribution in [3.05, 3.63) is 75.4 Å². The molecule has 8 nitrogen and oxygen atoms in total. The van der Waals surface area contributed by atoms with Gasteiger partial charge in [-0.2, -0.15) is 0 Å². The van der Waals surface area contributed by atoms with Gasteiger partial charge in [-0.3, -0.25) is 4.98 Å². The van der Waals surface area contributed by atoms with Crippen LogP contribution < -0.4 is 4.74 Å². The Balaban J connectivity index is 0.982. The number of benzene rings is 1. The van der Waals surface area contributed by atoms with Gasteiger partial charge < -0.3 is 19.1 Å². The van der Waals surface area contributed by atoms with Crippen LogP contribution in [0.1, 0.15) is 110 Å². The summed E-state index contributed by atoms with van der Waals surface area (Å²) < 4.78 is 19.0. The normalized spacial score (nSPS) is 24.5. The van der Waals surface area contributed by atoms with Gasteiger partial charge in [-0.25, -0.2) is 9.78 Å². The second-order valence-corrected chi connectivity index (χ2v) is 14.7. The van der Waals surface area contributed by atoms with E-state index < -0.39 is 5.97 Å². The van der Waals surface area contributed by atoms with Crippen molar-refractivity contribution in [2.75, 3.05) is 0 Å². The highest BCUT2D eigenvalue weighted by Crippen LogP contribution is 2.55. The van der Waals surface area contributed by atoms with Crippen LogP contribution >= 0.6 is 23.2 Å². The minimum atomic E-state index is -1.05. The molecule has 5 aliphatic carbocycles. The molecular weight excluding hydrogens is 637 g/mol. The van der Waals surface area contributed by atoms with Crippen LogP contribution in [0.5, 0.6) is 5.88 Å². The van der Waals surface area contributed by atoms with Gasteiger partial charge in [-0.1, -0.05) is 52.6 Å². The molecule has 0 amide bonds. The molecule has 0 radical (unpaired) electrons. The van der Waals surface area contributed by atoms with E-state index in [9.17, 15) is 9.90 Å². The zero-order valence-corrected chi connectivity index (χ0v) is 27.7. The van der Waals surface area contributed by atoms with Crippen LogP contribution in [0.2, 0.25) is 10.0 Å². The average Bonchev–Trinajstić information content (AvgIpc) is 3.63. The van der Waals surface area contributed by atoms with Gasteiger partial charge in [-0.15, -0.1) is 0 Å². The Labute approximate surface area is 283 Å². The molecule has 0 unspecified atom stereocenters. The number of carboxylic acid groups (broad SMARTS) is 1. The van der Waals surface area contributed by atoms with Crippen molar-refractivity contribution in [2.24, 2.45) is 5.41 Å². The summed E-state index contributed by atoms with van der Waals surface area (Å²) in [5.41, 5.74) is 3.30. The third-order valence-corrected chi connectivity index (χ3v) is 11.4. The first-order chi connectivity index (χ1) is 22.8. The molecule has 0 aliphatic heterocycles. The SMILES string of the molecule is O=C(O)c1cc2ccc(C=CC34CCC(OCc5c(-c6c(Cl)cncc6Cl)noc5C5CC5)(CC3)CC4)cc2c(OC2CCCC2)n1. The number of carbonyl (C=O) groups is 1. The first kappa shape index (κ1) is 30.8. The number of fused-ring (bicyclic) bond motifs is 4. The van der Waals surface area contributed by atoms with Crippen LogP contribution in [0.25, 0.3) is 28.1 Å². The van der Waals surface area contributed by atoms with Gasteiger partial charge in [0.15, 0.2) is 5.69 Å². The summed E-state index contributed by atoms with van der Waals surface area (Å²) in [6.45, 7) is 0.419. The molecule has 2 bridgehead atoms. The van der Waals surface area contributed by atoms with Crippen molar-refractivity contribution in [3.63, 3.8) is 0 Å². The summed E-state index contributed by atoms with van der Waals surface area (Å²) in [5.74, 6) is 0.643. The molecule has 5 fully saturated rings. The molecule has 3 heterocycles. The molecule has 10 heteroatoms. The number of ether oxygens (including phenoxy) is 2. The zero-order valence-electron chi connectivity index (χ0n) is 26.1. The largest absolute Gasteiger partial charge is 0.477 e. The van der Waals surface area contributed by atoms with Gasteiger partial charge in [0.25, 0.3) is 0 Å². The van der Waals surface area contributed by atoms with Gasteiger partial charge in [0, 0.05) is 34.8 Å². The van der Waals surface area contributed by atoms with Crippen LogP contribution in [-0.2, 0) is 11.3 Å². The molecule has 0 spiro atoms. The summed E-state index contributed by atoms with van der Waals surface area (Å²) in [7, 11) is 0. The smallest absolute Gasteiger partial charge is 0.354 e. The minimum Gasteiger partial charge on any atom is -0.477 e. The molecule has 9 rings (SSSR count). The fourth-order valence-corrected chi connectivity index (χ4v) is 8.35. The van der Waals surface area contributed by atoms with E-state index in [2.05, 4.69) is 39.4 Å². The number of aromatic carboxylic acids is 1. The van der Waals surface area contributed by atoms with E-state index in [0.717, 1.165) is 105 Å². The Kier molecular flexibility index (Phi) is 8.01. The van der Waals surface area contributed by atoms with Crippen molar-refractivity contribution < 1.29 is 23.9 Å². The lowest BCUT2D eigenvalue weighted by Gasteiger charge is -2.52. The molecule has 47 heavy (non-hydrogen) atoms. The fourth-order valence-electron chi connectivity index (χ4n) is 7.81. The lowest BCUT2D eigenvalue weighted by molar-refractivity contribution is -0.133. The number of rotatable bonds is 10. The maximum atomic E-state index is 11.8. The van der Waals surface area contributed by atoms with E-state index in [1.807, 2.05) is 6.07 Å². The first-order valence-corrected chi connectivity index (χ1v) is 17.5. The molecule has 4 aromatic rings. The lowest BCUT2D eigenvalue weighted by atomic mass is 9.58. The predicted octanol–water partition coefficient (Wildman–Crippen LogP) is 9.81. The number of allylic oxidation sites excluding steroid dienone is 1. The third kappa shape index (κ3) is 6.05. The lowest BCUT2D eigenvalue weighted by Crippen LogP contribution is -2.46. The highest BCUT2D eigenvalue weighted by Gasteiger charge is 2.48. The number of hydrogen-bond acceptors (Lipinski definition) is 7. The number of hydrogen-bond donors (Lipinski definition) is 1. The molecule has 1 aromatic carbocycles. The quantitative estimate of drug-likeness (QED) is 0.177. The summed E-state index contributed by atoms with van der Waals surface area (Å²) in [6, 6.07) is 7.74. The Bertz CT molecular complexity index is 1830. The Morgan fingerprint density at radius 2 is 1.72 bits per heavy atom. The molecular formula is C37H37Cl2N3O5. The number of carboxylic acids is 1. The summed E-state index contributed by atoms with van der Waals surface area (Å²) >= 11 is 13.0. The van der Waals surface area contributed by atoms with Crippen molar-refractivity contribution in [1.29, 1.82) is 0 Å². The van der Waals surface area contributed by atoms with Gasteiger partial charge in [-0.05, 0) is 106 Å². The highest BCUT2D eigenvalue weighted by atomic mass is 35.5. The Morgan fingerprint density at radius 3 is 2.40 bits per heavy atom. The van der Waals surface area contributed by atoms with Crippen LogP contribution in [0.3, 0.4) is 0 Å². The van der Waals surface area contributed by atoms with Crippen molar-refractivity contribution in [2.45, 2.75) is 101 Å². The Morgan fingerprint density at radius 1 is 1.00 bits per heavy atom. The van der Waals surface area contributed by atoms with Crippen LogP contribution in [-0.4, -0.2) is 37.9 Å². The number of nitrogens with zero attached hydrogens (tertiary/aromatic N) is 3. The summed E-state index contributed by atoms with van der Waals surface area (Å²) in [4.78, 5) is 20.3. The summed E-state index contributed by atoms with van der Waals surface area (Å²) in [5, 5.41) is 16.6. The van der Waals surface area contributed by atoms with Crippen molar-refractivity contribution >= 4 is 46.0 Å². The second kappa shape index (κ2) is 12.2. The number of aromatic nitrogens is 3. The minimum absolute atomic E-state index is 0.0109. The van der Waals surface area contributed by atoms with Crippen LogP contribution in [0.15, 0.2) is 47.3 Å². The molecule has 244 valence electrons. The van der Waals surface area contributed by atoms with E-state index in [-0.39, 0.29) is 22.8 Å². The molecule has 5 aliphatic rings. The third-order valence-electron chi connectivity index (χ3n) is 10.9. The predicted molar refractivity (Wildman–Crippen MR) is 180 cm³/mol. The maximum absolute atomic E-state index is 11.8. The van der Waals surface area contributed by atoms with Crippen molar-refractivity contribution in [1.82, 2.24) is 15.1 Å². The van der Waals surface area contributed by atoms with Gasteiger partial charge in [0.1, 0.15) is 17.6 Å². The molecule has 0 atom stereocenters. The molecule has 1 N–H and O–H groups in total. The van der Waals surface area contributed by atoms with Crippen molar-refractivity contribution in [3.8, 4) is 17.1 Å². The molecule has 5 saturated carbocycles.